The first kappa shape index (κ1) is 10.4. The van der Waals surface area contributed by atoms with Gasteiger partial charge in [0.15, 0.2) is 0 Å². The van der Waals surface area contributed by atoms with E-state index in [2.05, 4.69) is 0 Å². The monoisotopic (exact) mass is 208 g/mol. The number of aromatic nitrogens is 1. The van der Waals surface area contributed by atoms with E-state index >= 15 is 0 Å². The van der Waals surface area contributed by atoms with Crippen LogP contribution in [0.1, 0.15) is 12.0 Å². The van der Waals surface area contributed by atoms with E-state index in [4.69, 9.17) is 10.5 Å². The molecule has 82 valence electrons. The summed E-state index contributed by atoms with van der Waals surface area (Å²) >= 11 is 0. The minimum atomic E-state index is 0.0408. The van der Waals surface area contributed by atoms with Crippen molar-refractivity contribution in [3.8, 4) is 0 Å². The first-order valence-corrected chi connectivity index (χ1v) is 5.27. The number of nitrogens with zero attached hydrogens (tertiary/aromatic N) is 1. The minimum Gasteiger partial charge on any atom is -0.381 e. The Bertz CT molecular complexity index is 380. The van der Waals surface area contributed by atoms with Crippen molar-refractivity contribution < 1.29 is 4.74 Å². The quantitative estimate of drug-likeness (QED) is 0.779. The third-order valence-electron chi connectivity index (χ3n) is 2.76. The summed E-state index contributed by atoms with van der Waals surface area (Å²) in [6.07, 6.45) is 2.89. The summed E-state index contributed by atoms with van der Waals surface area (Å²) in [6.45, 7) is 2.80. The normalized spacial score (nSPS) is 20.7. The average Bonchev–Trinajstić information content (AvgIpc) is 2.74. The van der Waals surface area contributed by atoms with Crippen LogP contribution >= 0.6 is 0 Å². The van der Waals surface area contributed by atoms with E-state index in [0.29, 0.717) is 12.5 Å². The van der Waals surface area contributed by atoms with Crippen molar-refractivity contribution in [2.75, 3.05) is 13.2 Å². The summed E-state index contributed by atoms with van der Waals surface area (Å²) in [5.74, 6) is 0.468. The molecule has 0 aromatic carbocycles. The van der Waals surface area contributed by atoms with Gasteiger partial charge in [-0.1, -0.05) is 6.07 Å². The molecule has 1 fully saturated rings. The molecule has 1 unspecified atom stereocenters. The fourth-order valence-electron chi connectivity index (χ4n) is 1.85. The molecule has 0 radical (unpaired) electrons. The smallest absolute Gasteiger partial charge is 0.250 e. The van der Waals surface area contributed by atoms with Crippen molar-refractivity contribution in [2.24, 2.45) is 11.7 Å². The Balaban J connectivity index is 2.15. The van der Waals surface area contributed by atoms with Gasteiger partial charge in [0.1, 0.15) is 0 Å². The van der Waals surface area contributed by atoms with Crippen molar-refractivity contribution in [1.29, 1.82) is 0 Å². The molecule has 0 aliphatic carbocycles. The van der Waals surface area contributed by atoms with Crippen LogP contribution in [0.4, 0.5) is 0 Å². The Kier molecular flexibility index (Phi) is 3.18. The molecule has 4 nitrogen and oxygen atoms in total. The molecule has 1 saturated heterocycles. The van der Waals surface area contributed by atoms with Gasteiger partial charge >= 0.3 is 0 Å². The predicted octanol–water partition coefficient (Wildman–Crippen LogP) is 0.343. The Hall–Kier alpha value is -1.13. The second-order valence-corrected chi connectivity index (χ2v) is 3.96. The van der Waals surface area contributed by atoms with E-state index in [9.17, 15) is 4.79 Å². The largest absolute Gasteiger partial charge is 0.381 e. The molecular weight excluding hydrogens is 192 g/mol. The van der Waals surface area contributed by atoms with E-state index in [-0.39, 0.29) is 5.56 Å². The molecule has 2 N–H and O–H groups in total. The second kappa shape index (κ2) is 4.59. The molecular formula is C11H16N2O2. The van der Waals surface area contributed by atoms with Gasteiger partial charge in [0, 0.05) is 37.9 Å². The third kappa shape index (κ3) is 2.46. The number of ether oxygens (including phenoxy) is 1. The zero-order chi connectivity index (χ0) is 10.7. The molecule has 1 aromatic rings. The molecule has 2 rings (SSSR count). The van der Waals surface area contributed by atoms with Crippen LogP contribution in [0.5, 0.6) is 0 Å². The molecule has 4 heteroatoms. The second-order valence-electron chi connectivity index (χ2n) is 3.96. The van der Waals surface area contributed by atoms with Crippen molar-refractivity contribution in [3.63, 3.8) is 0 Å². The number of pyridine rings is 1. The van der Waals surface area contributed by atoms with E-state index in [1.165, 1.54) is 0 Å². The highest BCUT2D eigenvalue weighted by Crippen LogP contribution is 2.13. The zero-order valence-electron chi connectivity index (χ0n) is 8.69. The maximum absolute atomic E-state index is 11.6. The van der Waals surface area contributed by atoms with Crippen LogP contribution < -0.4 is 11.3 Å². The maximum atomic E-state index is 11.6. The van der Waals surface area contributed by atoms with E-state index < -0.39 is 0 Å². The van der Waals surface area contributed by atoms with Crippen LogP contribution in [0.2, 0.25) is 0 Å². The van der Waals surface area contributed by atoms with Crippen molar-refractivity contribution >= 4 is 0 Å². The van der Waals surface area contributed by atoms with Gasteiger partial charge in [-0.15, -0.1) is 0 Å². The van der Waals surface area contributed by atoms with Crippen molar-refractivity contribution in [1.82, 2.24) is 4.57 Å². The molecule has 0 spiro atoms. The highest BCUT2D eigenvalue weighted by Gasteiger charge is 2.16. The molecule has 1 aliphatic rings. The van der Waals surface area contributed by atoms with Crippen molar-refractivity contribution in [2.45, 2.75) is 19.5 Å². The number of hydrogen-bond acceptors (Lipinski definition) is 3. The zero-order valence-corrected chi connectivity index (χ0v) is 8.69. The van der Waals surface area contributed by atoms with E-state index in [0.717, 1.165) is 31.7 Å². The molecule has 15 heavy (non-hydrogen) atoms. The number of nitrogens with two attached hydrogens (primary N) is 1. The summed E-state index contributed by atoms with van der Waals surface area (Å²) in [5, 5.41) is 0. The van der Waals surface area contributed by atoms with Gasteiger partial charge in [0.25, 0.3) is 5.56 Å². The SMILES string of the molecule is NCc1ccc(=O)n(CC2CCOC2)c1. The highest BCUT2D eigenvalue weighted by atomic mass is 16.5. The predicted molar refractivity (Wildman–Crippen MR) is 57.5 cm³/mol. The average molecular weight is 208 g/mol. The first-order valence-electron chi connectivity index (χ1n) is 5.27. The van der Waals surface area contributed by atoms with Gasteiger partial charge in [0.05, 0.1) is 6.61 Å². The van der Waals surface area contributed by atoms with Crippen LogP contribution in [0, 0.1) is 5.92 Å². The summed E-state index contributed by atoms with van der Waals surface area (Å²) in [7, 11) is 0. The lowest BCUT2D eigenvalue weighted by molar-refractivity contribution is 0.182. The van der Waals surface area contributed by atoms with Gasteiger partial charge < -0.3 is 15.0 Å². The minimum absolute atomic E-state index is 0.0408. The van der Waals surface area contributed by atoms with Crippen molar-refractivity contribution in [3.05, 3.63) is 34.2 Å². The van der Waals surface area contributed by atoms with Gasteiger partial charge in [-0.25, -0.2) is 0 Å². The van der Waals surface area contributed by atoms with Gasteiger partial charge in [-0.05, 0) is 12.0 Å². The number of hydrogen-bond donors (Lipinski definition) is 1. The Morgan fingerprint density at radius 3 is 3.07 bits per heavy atom. The highest BCUT2D eigenvalue weighted by molar-refractivity contribution is 5.09. The lowest BCUT2D eigenvalue weighted by Gasteiger charge is -2.11. The van der Waals surface area contributed by atoms with Gasteiger partial charge in [-0.2, -0.15) is 0 Å². The standard InChI is InChI=1S/C11H16N2O2/c12-5-9-1-2-11(14)13(6-9)7-10-3-4-15-8-10/h1-2,6,10H,3-5,7-8,12H2. The molecule has 1 atom stereocenters. The summed E-state index contributed by atoms with van der Waals surface area (Å²) < 4.78 is 7.02. The molecule has 0 bridgehead atoms. The Labute approximate surface area is 88.7 Å². The van der Waals surface area contributed by atoms with Gasteiger partial charge in [-0.3, -0.25) is 4.79 Å². The summed E-state index contributed by atoms with van der Waals surface area (Å²) in [4.78, 5) is 11.6. The summed E-state index contributed by atoms with van der Waals surface area (Å²) in [6, 6.07) is 3.36. The van der Waals surface area contributed by atoms with E-state index in [1.807, 2.05) is 6.20 Å². The summed E-state index contributed by atoms with van der Waals surface area (Å²) in [5.41, 5.74) is 6.57. The number of rotatable bonds is 3. The van der Waals surface area contributed by atoms with Gasteiger partial charge in [0.2, 0.25) is 0 Å². The molecule has 1 aromatic heterocycles. The van der Waals surface area contributed by atoms with Crippen LogP contribution in [0.25, 0.3) is 0 Å². The Morgan fingerprint density at radius 1 is 1.53 bits per heavy atom. The molecule has 2 heterocycles. The topological polar surface area (TPSA) is 57.2 Å². The molecule has 0 saturated carbocycles. The fraction of sp³-hybridized carbons (Fsp3) is 0.545. The molecule has 0 amide bonds. The first-order chi connectivity index (χ1) is 7.29. The lowest BCUT2D eigenvalue weighted by atomic mass is 10.1. The van der Waals surface area contributed by atoms with Crippen LogP contribution in [-0.2, 0) is 17.8 Å². The molecule has 1 aliphatic heterocycles. The fourth-order valence-corrected chi connectivity index (χ4v) is 1.85. The van der Waals surface area contributed by atoms with Crippen LogP contribution in [0.15, 0.2) is 23.1 Å². The van der Waals surface area contributed by atoms with E-state index in [1.54, 1.807) is 16.7 Å². The van der Waals surface area contributed by atoms with Crippen LogP contribution in [0.3, 0.4) is 0 Å². The third-order valence-corrected chi connectivity index (χ3v) is 2.76. The maximum Gasteiger partial charge on any atom is 0.250 e. The lowest BCUT2D eigenvalue weighted by Crippen LogP contribution is -2.24. The Morgan fingerprint density at radius 2 is 2.40 bits per heavy atom. The van der Waals surface area contributed by atoms with Crippen LogP contribution in [-0.4, -0.2) is 17.8 Å².